The molecule has 148 valence electrons. The Morgan fingerprint density at radius 3 is 2.67 bits per heavy atom. The van der Waals surface area contributed by atoms with Crippen LogP contribution in [0.3, 0.4) is 0 Å². The number of aromatic nitrogens is 1. The molecule has 1 aromatic heterocycles. The molecular weight excluding hydrogens is 475 g/mol. The Hall–Kier alpha value is -1.28. The van der Waals surface area contributed by atoms with Crippen LogP contribution >= 0.6 is 35.6 Å². The Bertz CT molecular complexity index is 767. The lowest BCUT2D eigenvalue weighted by molar-refractivity contribution is 0.392. The van der Waals surface area contributed by atoms with Crippen LogP contribution < -0.4 is 10.6 Å². The van der Waals surface area contributed by atoms with Crippen molar-refractivity contribution in [1.29, 1.82) is 0 Å². The van der Waals surface area contributed by atoms with E-state index in [4.69, 9.17) is 16.1 Å². The van der Waals surface area contributed by atoms with Gasteiger partial charge in [0.1, 0.15) is 5.76 Å². The van der Waals surface area contributed by atoms with Crippen LogP contribution in [0.2, 0.25) is 5.02 Å². The van der Waals surface area contributed by atoms with E-state index < -0.39 is 0 Å². The quantitative estimate of drug-likeness (QED) is 0.255. The molecule has 0 atom stereocenters. The average Bonchev–Trinajstić information content (AvgIpc) is 3.36. The summed E-state index contributed by atoms with van der Waals surface area (Å²) in [6, 6.07) is 8.20. The summed E-state index contributed by atoms with van der Waals surface area (Å²) in [6.45, 7) is 5.68. The zero-order valence-corrected chi connectivity index (χ0v) is 19.2. The predicted octanol–water partition coefficient (Wildman–Crippen LogP) is 4.39. The first-order chi connectivity index (χ1) is 12.5. The van der Waals surface area contributed by atoms with Gasteiger partial charge in [-0.2, -0.15) is 0 Å². The van der Waals surface area contributed by atoms with Gasteiger partial charge in [-0.25, -0.2) is 0 Å². The lowest BCUT2D eigenvalue weighted by Gasteiger charge is -2.19. The van der Waals surface area contributed by atoms with Crippen molar-refractivity contribution in [1.82, 2.24) is 15.8 Å². The molecule has 0 bridgehead atoms. The highest BCUT2D eigenvalue weighted by Crippen LogP contribution is 2.48. The van der Waals surface area contributed by atoms with Crippen molar-refractivity contribution in [2.75, 3.05) is 20.1 Å². The van der Waals surface area contributed by atoms with Crippen molar-refractivity contribution in [3.8, 4) is 0 Å². The first-order valence-corrected chi connectivity index (χ1v) is 9.54. The number of benzene rings is 1. The Morgan fingerprint density at radius 2 is 2.07 bits per heavy atom. The molecule has 0 radical (unpaired) electrons. The number of aliphatic imine (C=N–C) groups is 1. The molecule has 2 aromatic rings. The maximum absolute atomic E-state index is 6.15. The second kappa shape index (κ2) is 9.78. The van der Waals surface area contributed by atoms with E-state index in [1.54, 1.807) is 0 Å². The van der Waals surface area contributed by atoms with Crippen LogP contribution in [0.15, 0.2) is 33.8 Å². The van der Waals surface area contributed by atoms with Gasteiger partial charge >= 0.3 is 0 Å². The molecule has 0 aliphatic heterocycles. The summed E-state index contributed by atoms with van der Waals surface area (Å²) in [5.41, 5.74) is 3.71. The fourth-order valence-electron chi connectivity index (χ4n) is 3.34. The van der Waals surface area contributed by atoms with Gasteiger partial charge in [0.25, 0.3) is 0 Å². The highest BCUT2D eigenvalue weighted by molar-refractivity contribution is 14.0. The molecule has 3 rings (SSSR count). The van der Waals surface area contributed by atoms with E-state index >= 15 is 0 Å². The first-order valence-electron chi connectivity index (χ1n) is 9.16. The third kappa shape index (κ3) is 5.60. The van der Waals surface area contributed by atoms with E-state index in [0.29, 0.717) is 0 Å². The highest BCUT2D eigenvalue weighted by Gasteiger charge is 2.44. The number of hydrogen-bond donors (Lipinski definition) is 2. The van der Waals surface area contributed by atoms with Crippen LogP contribution in [0.1, 0.15) is 41.8 Å². The molecule has 1 heterocycles. The molecule has 0 spiro atoms. The third-order valence-corrected chi connectivity index (χ3v) is 5.42. The SMILES string of the molecule is CN=C(NCCCc1c(C)noc1C)NCC1(c2cccc(Cl)c2)CC1.I. The Labute approximate surface area is 183 Å². The number of nitrogens with zero attached hydrogens (tertiary/aromatic N) is 2. The minimum Gasteiger partial charge on any atom is -0.361 e. The van der Waals surface area contributed by atoms with Gasteiger partial charge < -0.3 is 15.2 Å². The third-order valence-electron chi connectivity index (χ3n) is 5.19. The van der Waals surface area contributed by atoms with E-state index in [2.05, 4.69) is 32.9 Å². The molecule has 1 saturated carbocycles. The number of hydrogen-bond acceptors (Lipinski definition) is 3. The fraction of sp³-hybridized carbons (Fsp3) is 0.500. The van der Waals surface area contributed by atoms with E-state index in [1.165, 1.54) is 24.0 Å². The molecule has 0 saturated heterocycles. The maximum atomic E-state index is 6.15. The molecule has 7 heteroatoms. The van der Waals surface area contributed by atoms with Crippen molar-refractivity contribution in [2.45, 2.75) is 44.9 Å². The monoisotopic (exact) mass is 502 g/mol. The summed E-state index contributed by atoms with van der Waals surface area (Å²) in [6.07, 6.45) is 4.33. The first kappa shape index (κ1) is 22.0. The van der Waals surface area contributed by atoms with Crippen molar-refractivity contribution in [3.05, 3.63) is 51.9 Å². The summed E-state index contributed by atoms with van der Waals surface area (Å²) < 4.78 is 5.21. The zero-order valence-electron chi connectivity index (χ0n) is 16.1. The smallest absolute Gasteiger partial charge is 0.191 e. The molecule has 1 aliphatic carbocycles. The summed E-state index contributed by atoms with van der Waals surface area (Å²) in [5.74, 6) is 1.76. The van der Waals surface area contributed by atoms with Gasteiger partial charge in [-0.05, 0) is 57.2 Å². The van der Waals surface area contributed by atoms with E-state index in [0.717, 1.165) is 48.4 Å². The Kier molecular flexibility index (Phi) is 7.97. The van der Waals surface area contributed by atoms with Gasteiger partial charge in [0.15, 0.2) is 5.96 Å². The predicted molar refractivity (Wildman–Crippen MR) is 121 cm³/mol. The molecule has 1 aliphatic rings. The standard InChI is InChI=1S/C20H27ClN4O.HI/c1-14-18(15(2)26-25-14)8-5-11-23-19(22-3)24-13-20(9-10-20)16-6-4-7-17(21)12-16;/h4,6-7,12H,5,8-11,13H2,1-3H3,(H2,22,23,24);1H. The minimum absolute atomic E-state index is 0. The summed E-state index contributed by atoms with van der Waals surface area (Å²) >= 11 is 6.15. The van der Waals surface area contributed by atoms with Crippen molar-refractivity contribution in [3.63, 3.8) is 0 Å². The van der Waals surface area contributed by atoms with Gasteiger partial charge in [-0.3, -0.25) is 4.99 Å². The summed E-state index contributed by atoms with van der Waals surface area (Å²) in [4.78, 5) is 4.34. The molecule has 0 amide bonds. The lowest BCUT2D eigenvalue weighted by atomic mass is 9.96. The second-order valence-electron chi connectivity index (χ2n) is 7.05. The van der Waals surface area contributed by atoms with Crippen LogP contribution in [0.25, 0.3) is 0 Å². The van der Waals surface area contributed by atoms with Crippen LogP contribution in [-0.2, 0) is 11.8 Å². The molecule has 5 nitrogen and oxygen atoms in total. The van der Waals surface area contributed by atoms with E-state index in [9.17, 15) is 0 Å². The van der Waals surface area contributed by atoms with Gasteiger partial charge in [0.05, 0.1) is 5.69 Å². The van der Waals surface area contributed by atoms with E-state index in [1.807, 2.05) is 33.0 Å². The fourth-order valence-corrected chi connectivity index (χ4v) is 3.53. The molecular formula is C20H28ClIN4O. The number of guanidine groups is 1. The average molecular weight is 503 g/mol. The maximum Gasteiger partial charge on any atom is 0.191 e. The molecule has 0 unspecified atom stereocenters. The molecule has 1 aromatic carbocycles. The normalized spacial score (nSPS) is 15.2. The van der Waals surface area contributed by atoms with Gasteiger partial charge in [0, 0.05) is 36.1 Å². The van der Waals surface area contributed by atoms with Crippen molar-refractivity contribution >= 4 is 41.5 Å². The Morgan fingerprint density at radius 1 is 1.30 bits per heavy atom. The topological polar surface area (TPSA) is 62.5 Å². The Balaban J connectivity index is 0.00000261. The summed E-state index contributed by atoms with van der Waals surface area (Å²) in [7, 11) is 1.81. The van der Waals surface area contributed by atoms with E-state index in [-0.39, 0.29) is 29.4 Å². The van der Waals surface area contributed by atoms with Crippen LogP contribution in [0.5, 0.6) is 0 Å². The number of halogens is 2. The van der Waals surface area contributed by atoms with Crippen molar-refractivity contribution < 1.29 is 4.52 Å². The zero-order chi connectivity index (χ0) is 18.6. The molecule has 1 fully saturated rings. The van der Waals surface area contributed by atoms with Crippen LogP contribution in [0, 0.1) is 13.8 Å². The largest absolute Gasteiger partial charge is 0.361 e. The number of nitrogens with one attached hydrogen (secondary N) is 2. The van der Waals surface area contributed by atoms with Gasteiger partial charge in [0.2, 0.25) is 0 Å². The van der Waals surface area contributed by atoms with Gasteiger partial charge in [-0.15, -0.1) is 24.0 Å². The molecule has 2 N–H and O–H groups in total. The minimum atomic E-state index is 0. The lowest BCUT2D eigenvalue weighted by Crippen LogP contribution is -2.41. The molecule has 27 heavy (non-hydrogen) atoms. The van der Waals surface area contributed by atoms with Crippen LogP contribution in [-0.4, -0.2) is 31.3 Å². The second-order valence-corrected chi connectivity index (χ2v) is 7.49. The highest BCUT2D eigenvalue weighted by atomic mass is 127. The van der Waals surface area contributed by atoms with Crippen molar-refractivity contribution in [2.24, 2.45) is 4.99 Å². The number of rotatable bonds is 7. The summed E-state index contributed by atoms with van der Waals surface area (Å²) in [5, 5.41) is 11.7. The van der Waals surface area contributed by atoms with Gasteiger partial charge in [-0.1, -0.05) is 28.9 Å². The number of aryl methyl sites for hydroxylation is 2. The van der Waals surface area contributed by atoms with Crippen LogP contribution in [0.4, 0.5) is 0 Å².